The van der Waals surface area contributed by atoms with Crippen LogP contribution in [-0.2, 0) is 7.05 Å². The summed E-state index contributed by atoms with van der Waals surface area (Å²) in [4.78, 5) is 10.9. The van der Waals surface area contributed by atoms with Gasteiger partial charge in [0.05, 0.1) is 0 Å². The van der Waals surface area contributed by atoms with E-state index in [1.54, 1.807) is 13.2 Å². The van der Waals surface area contributed by atoms with Crippen LogP contribution in [0.1, 0.15) is 0 Å². The quantitative estimate of drug-likeness (QED) is 0.703. The first-order valence-electron chi connectivity index (χ1n) is 2.63. The molecule has 0 aliphatic heterocycles. The van der Waals surface area contributed by atoms with Gasteiger partial charge in [0.2, 0.25) is 0 Å². The molecule has 0 atom stereocenters. The van der Waals surface area contributed by atoms with Crippen LogP contribution in [-0.4, -0.2) is 4.57 Å². The van der Waals surface area contributed by atoms with E-state index in [9.17, 15) is 4.79 Å². The van der Waals surface area contributed by atoms with Gasteiger partial charge in [-0.1, -0.05) is 0 Å². The Morgan fingerprint density at radius 2 is 2.00 bits per heavy atom. The lowest BCUT2D eigenvalue weighted by Crippen LogP contribution is -2.14. The molecular weight excluding hydrogens is 262 g/mol. The summed E-state index contributed by atoms with van der Waals surface area (Å²) in [6.07, 6.45) is 1.71. The number of hydrogen-bond acceptors (Lipinski definition) is 1. The summed E-state index contributed by atoms with van der Waals surface area (Å²) in [5, 5.41) is 0. The van der Waals surface area contributed by atoms with E-state index in [2.05, 4.69) is 31.9 Å². The maximum Gasteiger partial charge on any atom is 0.251 e. The summed E-state index contributed by atoms with van der Waals surface area (Å²) >= 11 is 6.49. The van der Waals surface area contributed by atoms with E-state index in [0.717, 1.165) is 8.95 Å². The first kappa shape index (κ1) is 8.01. The van der Waals surface area contributed by atoms with Crippen LogP contribution in [0.4, 0.5) is 0 Å². The topological polar surface area (TPSA) is 22.0 Å². The fraction of sp³-hybridized carbons (Fsp3) is 0.167. The van der Waals surface area contributed by atoms with Crippen molar-refractivity contribution in [3.63, 3.8) is 0 Å². The van der Waals surface area contributed by atoms with E-state index in [1.807, 2.05) is 0 Å². The van der Waals surface area contributed by atoms with Gasteiger partial charge in [-0.2, -0.15) is 0 Å². The molecule has 0 aromatic carbocycles. The number of aryl methyl sites for hydroxylation is 1. The second kappa shape index (κ2) is 2.88. The molecule has 0 N–H and O–H groups in total. The fourth-order valence-corrected chi connectivity index (χ4v) is 1.29. The van der Waals surface area contributed by atoms with Crippen molar-refractivity contribution >= 4 is 31.9 Å². The molecule has 1 aromatic rings. The van der Waals surface area contributed by atoms with Crippen molar-refractivity contribution in [2.45, 2.75) is 0 Å². The summed E-state index contributed by atoms with van der Waals surface area (Å²) in [6, 6.07) is 1.52. The highest BCUT2D eigenvalue weighted by Gasteiger charge is 1.97. The predicted molar refractivity (Wildman–Crippen MR) is 47.1 cm³/mol. The second-order valence-electron chi connectivity index (χ2n) is 1.92. The molecule has 0 spiro atoms. The average Bonchev–Trinajstić information content (AvgIpc) is 1.84. The van der Waals surface area contributed by atoms with Crippen LogP contribution < -0.4 is 5.56 Å². The molecule has 2 nitrogen and oxygen atoms in total. The molecule has 1 rings (SSSR count). The van der Waals surface area contributed by atoms with Crippen LogP contribution in [0.5, 0.6) is 0 Å². The minimum absolute atomic E-state index is 0.0184. The fourth-order valence-electron chi connectivity index (χ4n) is 0.574. The minimum Gasteiger partial charge on any atom is -0.317 e. The molecule has 0 saturated carbocycles. The molecule has 0 saturated heterocycles. The second-order valence-corrected chi connectivity index (χ2v) is 3.63. The summed E-state index contributed by atoms with van der Waals surface area (Å²) in [7, 11) is 1.71. The van der Waals surface area contributed by atoms with E-state index in [0.29, 0.717) is 0 Å². The highest BCUT2D eigenvalue weighted by molar-refractivity contribution is 9.13. The molecule has 4 heteroatoms. The first-order valence-corrected chi connectivity index (χ1v) is 4.21. The zero-order valence-electron chi connectivity index (χ0n) is 5.27. The van der Waals surface area contributed by atoms with Gasteiger partial charge in [0.1, 0.15) is 0 Å². The van der Waals surface area contributed by atoms with E-state index in [1.165, 1.54) is 10.6 Å². The van der Waals surface area contributed by atoms with Crippen LogP contribution in [0, 0.1) is 0 Å². The Morgan fingerprint density at radius 3 is 2.50 bits per heavy atom. The largest absolute Gasteiger partial charge is 0.317 e. The molecular formula is C6H5Br2NO. The monoisotopic (exact) mass is 265 g/mol. The third-order valence-electron chi connectivity index (χ3n) is 1.13. The Morgan fingerprint density at radius 1 is 1.40 bits per heavy atom. The number of pyridine rings is 1. The normalized spacial score (nSPS) is 9.90. The van der Waals surface area contributed by atoms with Gasteiger partial charge in [-0.25, -0.2) is 0 Å². The van der Waals surface area contributed by atoms with Crippen molar-refractivity contribution in [1.29, 1.82) is 0 Å². The van der Waals surface area contributed by atoms with Gasteiger partial charge in [0, 0.05) is 28.3 Å². The van der Waals surface area contributed by atoms with Crippen LogP contribution in [0.15, 0.2) is 26.0 Å². The van der Waals surface area contributed by atoms with Gasteiger partial charge >= 0.3 is 0 Å². The zero-order chi connectivity index (χ0) is 7.72. The Bertz CT molecular complexity index is 305. The Balaban J connectivity index is 3.43. The molecule has 0 amide bonds. The smallest absolute Gasteiger partial charge is 0.251 e. The molecule has 1 heterocycles. The van der Waals surface area contributed by atoms with Crippen molar-refractivity contribution in [1.82, 2.24) is 4.57 Å². The lowest BCUT2D eigenvalue weighted by molar-refractivity contribution is 0.852. The molecule has 0 radical (unpaired) electrons. The Labute approximate surface area is 75.1 Å². The minimum atomic E-state index is -0.0184. The van der Waals surface area contributed by atoms with Crippen LogP contribution in [0.3, 0.4) is 0 Å². The summed E-state index contributed by atoms with van der Waals surface area (Å²) in [5.41, 5.74) is -0.0184. The highest BCUT2D eigenvalue weighted by atomic mass is 79.9. The SMILES string of the molecule is Cn1cc(Br)c(Br)cc1=O. The van der Waals surface area contributed by atoms with Gasteiger partial charge < -0.3 is 4.57 Å². The molecule has 0 fully saturated rings. The van der Waals surface area contributed by atoms with Crippen molar-refractivity contribution in [3.8, 4) is 0 Å². The third-order valence-corrected chi connectivity index (χ3v) is 2.95. The number of hydrogen-bond donors (Lipinski definition) is 0. The lowest BCUT2D eigenvalue weighted by atomic mass is 10.5. The maximum absolute atomic E-state index is 10.9. The Hall–Kier alpha value is -0.0900. The van der Waals surface area contributed by atoms with E-state index < -0.39 is 0 Å². The molecule has 54 valence electrons. The summed E-state index contributed by atoms with van der Waals surface area (Å²) < 4.78 is 3.18. The van der Waals surface area contributed by atoms with Gasteiger partial charge in [0.25, 0.3) is 5.56 Å². The predicted octanol–water partition coefficient (Wildman–Crippen LogP) is 1.91. The molecule has 0 unspecified atom stereocenters. The van der Waals surface area contributed by atoms with E-state index in [4.69, 9.17) is 0 Å². The number of nitrogens with zero attached hydrogens (tertiary/aromatic N) is 1. The maximum atomic E-state index is 10.9. The number of aromatic nitrogens is 1. The summed E-state index contributed by atoms with van der Waals surface area (Å²) in [6.45, 7) is 0. The standard InChI is InChI=1S/C6H5Br2NO/c1-9-3-5(8)4(7)2-6(9)10/h2-3H,1H3. The van der Waals surface area contributed by atoms with E-state index in [-0.39, 0.29) is 5.56 Å². The summed E-state index contributed by atoms with van der Waals surface area (Å²) in [5.74, 6) is 0. The molecule has 1 aromatic heterocycles. The Kier molecular flexibility index (Phi) is 2.31. The zero-order valence-corrected chi connectivity index (χ0v) is 8.44. The number of halogens is 2. The van der Waals surface area contributed by atoms with Gasteiger partial charge in [-0.05, 0) is 31.9 Å². The van der Waals surface area contributed by atoms with Gasteiger partial charge in [-0.15, -0.1) is 0 Å². The molecule has 0 aliphatic rings. The van der Waals surface area contributed by atoms with Crippen molar-refractivity contribution in [2.24, 2.45) is 7.05 Å². The van der Waals surface area contributed by atoms with Crippen molar-refractivity contribution < 1.29 is 0 Å². The molecule has 10 heavy (non-hydrogen) atoms. The lowest BCUT2D eigenvalue weighted by Gasteiger charge is -1.97. The molecule has 0 bridgehead atoms. The van der Waals surface area contributed by atoms with Crippen LogP contribution >= 0.6 is 31.9 Å². The highest BCUT2D eigenvalue weighted by Crippen LogP contribution is 2.19. The van der Waals surface area contributed by atoms with E-state index >= 15 is 0 Å². The third kappa shape index (κ3) is 1.49. The molecule has 0 aliphatic carbocycles. The first-order chi connectivity index (χ1) is 4.61. The van der Waals surface area contributed by atoms with Crippen LogP contribution in [0.25, 0.3) is 0 Å². The van der Waals surface area contributed by atoms with Crippen molar-refractivity contribution in [3.05, 3.63) is 31.6 Å². The van der Waals surface area contributed by atoms with Gasteiger partial charge in [0.15, 0.2) is 0 Å². The number of rotatable bonds is 0. The van der Waals surface area contributed by atoms with Crippen molar-refractivity contribution in [2.75, 3.05) is 0 Å². The van der Waals surface area contributed by atoms with Gasteiger partial charge in [-0.3, -0.25) is 4.79 Å². The average molecular weight is 267 g/mol. The van der Waals surface area contributed by atoms with Crippen LogP contribution in [0.2, 0.25) is 0 Å².